The second kappa shape index (κ2) is 6.70. The first-order valence-corrected chi connectivity index (χ1v) is 8.70. The van der Waals surface area contributed by atoms with Crippen molar-refractivity contribution >= 4 is 17.0 Å². The van der Waals surface area contributed by atoms with Gasteiger partial charge in [0, 0.05) is 30.1 Å². The lowest BCUT2D eigenvalue weighted by Crippen LogP contribution is -2.32. The van der Waals surface area contributed by atoms with E-state index in [0.29, 0.717) is 19.5 Å². The van der Waals surface area contributed by atoms with Crippen LogP contribution in [0.15, 0.2) is 30.6 Å². The Morgan fingerprint density at radius 2 is 2.12 bits per heavy atom. The van der Waals surface area contributed by atoms with Crippen molar-refractivity contribution in [1.29, 1.82) is 0 Å². The average molecular weight is 355 g/mol. The van der Waals surface area contributed by atoms with Gasteiger partial charge in [-0.15, -0.1) is 0 Å². The SMILES string of the molecule is CC1Cn2cc(cn2)-c2n[nH]c3ccc(cc23)O[C@H](C)CCNC(=O)O1. The molecule has 0 saturated heterocycles. The smallest absolute Gasteiger partial charge is 0.407 e. The fourth-order valence-electron chi connectivity index (χ4n) is 3.07. The average Bonchev–Trinajstić information content (AvgIpc) is 3.20. The molecule has 3 aromatic rings. The monoisotopic (exact) mass is 355 g/mol. The molecular weight excluding hydrogens is 334 g/mol. The normalized spacial score (nSPS) is 21.2. The second-order valence-electron chi connectivity index (χ2n) is 6.59. The number of hydrogen-bond donors (Lipinski definition) is 2. The lowest BCUT2D eigenvalue weighted by Gasteiger charge is -2.17. The predicted octanol–water partition coefficient (Wildman–Crippen LogP) is 2.71. The fourth-order valence-corrected chi connectivity index (χ4v) is 3.07. The van der Waals surface area contributed by atoms with Gasteiger partial charge in [-0.25, -0.2) is 4.79 Å². The zero-order valence-corrected chi connectivity index (χ0v) is 14.7. The number of hydrogen-bond acceptors (Lipinski definition) is 5. The van der Waals surface area contributed by atoms with Crippen LogP contribution in [-0.4, -0.2) is 44.8 Å². The number of nitrogens with zero attached hydrogens (tertiary/aromatic N) is 3. The first-order chi connectivity index (χ1) is 12.6. The van der Waals surface area contributed by atoms with Crippen LogP contribution in [0.4, 0.5) is 4.79 Å². The summed E-state index contributed by atoms with van der Waals surface area (Å²) in [6, 6.07) is 5.86. The molecule has 8 heteroatoms. The standard InChI is InChI=1S/C18H21N5O3/c1-11-5-6-19-18(24)26-12(2)9-23-10-13(8-20-23)17-15-7-14(25-11)3-4-16(15)21-22-17/h3-4,7-8,10-12H,5-6,9H2,1-2H3,(H,19,24)(H,21,22)/t11-,12?/m1/s1. The molecule has 2 atom stereocenters. The van der Waals surface area contributed by atoms with Crippen LogP contribution in [0, 0.1) is 0 Å². The number of alkyl carbamates (subject to hydrolysis) is 1. The zero-order chi connectivity index (χ0) is 18.1. The summed E-state index contributed by atoms with van der Waals surface area (Å²) in [5, 5.41) is 15.6. The van der Waals surface area contributed by atoms with Gasteiger partial charge < -0.3 is 14.8 Å². The van der Waals surface area contributed by atoms with Gasteiger partial charge in [0.05, 0.1) is 24.4 Å². The molecule has 0 saturated carbocycles. The minimum Gasteiger partial charge on any atom is -0.491 e. The van der Waals surface area contributed by atoms with Crippen LogP contribution >= 0.6 is 0 Å². The van der Waals surface area contributed by atoms with Gasteiger partial charge in [0.2, 0.25) is 0 Å². The number of benzene rings is 1. The maximum atomic E-state index is 11.9. The van der Waals surface area contributed by atoms with Gasteiger partial charge in [0.25, 0.3) is 0 Å². The summed E-state index contributed by atoms with van der Waals surface area (Å²) >= 11 is 0. The van der Waals surface area contributed by atoms with Crippen molar-refractivity contribution in [1.82, 2.24) is 25.3 Å². The number of H-pyrrole nitrogens is 1. The van der Waals surface area contributed by atoms with Gasteiger partial charge in [-0.05, 0) is 32.0 Å². The van der Waals surface area contributed by atoms with Crippen molar-refractivity contribution in [3.8, 4) is 17.0 Å². The van der Waals surface area contributed by atoms with E-state index in [4.69, 9.17) is 9.47 Å². The highest BCUT2D eigenvalue weighted by Crippen LogP contribution is 2.29. The van der Waals surface area contributed by atoms with E-state index in [9.17, 15) is 4.79 Å². The second-order valence-corrected chi connectivity index (χ2v) is 6.59. The summed E-state index contributed by atoms with van der Waals surface area (Å²) in [5.74, 6) is 0.767. The third kappa shape index (κ3) is 3.35. The number of carbonyl (C=O) groups is 1. The Labute approximate surface area is 150 Å². The van der Waals surface area contributed by atoms with Crippen molar-refractivity contribution in [3.05, 3.63) is 30.6 Å². The van der Waals surface area contributed by atoms with Gasteiger partial charge in [0.15, 0.2) is 0 Å². The molecule has 1 amide bonds. The molecule has 4 rings (SSSR count). The van der Waals surface area contributed by atoms with Crippen LogP contribution in [0.5, 0.6) is 5.75 Å². The minimum absolute atomic E-state index is 0.0452. The van der Waals surface area contributed by atoms with Crippen LogP contribution in [0.25, 0.3) is 22.2 Å². The van der Waals surface area contributed by atoms with E-state index >= 15 is 0 Å². The van der Waals surface area contributed by atoms with Crippen LogP contribution in [0.3, 0.4) is 0 Å². The molecule has 2 N–H and O–H groups in total. The van der Waals surface area contributed by atoms with Gasteiger partial charge in [-0.3, -0.25) is 9.78 Å². The first-order valence-electron chi connectivity index (χ1n) is 8.70. The topological polar surface area (TPSA) is 94.1 Å². The number of amides is 1. The van der Waals surface area contributed by atoms with E-state index in [2.05, 4.69) is 20.6 Å². The Morgan fingerprint density at radius 3 is 3.00 bits per heavy atom. The first kappa shape index (κ1) is 16.4. The van der Waals surface area contributed by atoms with Crippen molar-refractivity contribution < 1.29 is 14.3 Å². The number of aromatic amines is 1. The molecule has 8 nitrogen and oxygen atoms in total. The van der Waals surface area contributed by atoms with Crippen molar-refractivity contribution in [2.24, 2.45) is 0 Å². The molecule has 2 aromatic heterocycles. The highest BCUT2D eigenvalue weighted by Gasteiger charge is 2.16. The molecule has 0 spiro atoms. The van der Waals surface area contributed by atoms with E-state index in [0.717, 1.165) is 27.9 Å². The quantitative estimate of drug-likeness (QED) is 0.647. The van der Waals surface area contributed by atoms with E-state index in [1.165, 1.54) is 0 Å². The molecule has 0 radical (unpaired) electrons. The lowest BCUT2D eigenvalue weighted by molar-refractivity contribution is 0.0943. The number of carbonyl (C=O) groups excluding carboxylic acids is 1. The van der Waals surface area contributed by atoms with Crippen LogP contribution in [0.2, 0.25) is 0 Å². The highest BCUT2D eigenvalue weighted by molar-refractivity contribution is 5.93. The summed E-state index contributed by atoms with van der Waals surface area (Å²) in [7, 11) is 0. The third-order valence-corrected chi connectivity index (χ3v) is 4.35. The van der Waals surface area contributed by atoms with E-state index in [-0.39, 0.29) is 12.2 Å². The maximum absolute atomic E-state index is 11.9. The number of ether oxygens (including phenoxy) is 2. The summed E-state index contributed by atoms with van der Waals surface area (Å²) in [5.41, 5.74) is 2.66. The minimum atomic E-state index is -0.430. The van der Waals surface area contributed by atoms with Crippen molar-refractivity contribution in [2.45, 2.75) is 39.0 Å². The van der Waals surface area contributed by atoms with Crippen molar-refractivity contribution in [2.75, 3.05) is 6.54 Å². The Kier molecular flexibility index (Phi) is 4.24. The summed E-state index contributed by atoms with van der Waals surface area (Å²) in [6.07, 6.45) is 3.56. The van der Waals surface area contributed by atoms with Crippen molar-refractivity contribution in [3.63, 3.8) is 0 Å². The predicted molar refractivity (Wildman–Crippen MR) is 96.0 cm³/mol. The summed E-state index contributed by atoms with van der Waals surface area (Å²) in [4.78, 5) is 11.9. The van der Waals surface area contributed by atoms with Gasteiger partial charge in [-0.1, -0.05) is 0 Å². The molecule has 26 heavy (non-hydrogen) atoms. The molecule has 1 aromatic carbocycles. The molecule has 4 bridgehead atoms. The molecule has 1 unspecified atom stereocenters. The molecule has 0 aliphatic carbocycles. The summed E-state index contributed by atoms with van der Waals surface area (Å²) in [6.45, 7) is 4.77. The molecule has 0 fully saturated rings. The number of rotatable bonds is 0. The number of fused-ring (bicyclic) bond motifs is 4. The Bertz CT molecular complexity index is 932. The molecule has 1 aliphatic heterocycles. The van der Waals surface area contributed by atoms with Gasteiger partial charge >= 0.3 is 6.09 Å². The van der Waals surface area contributed by atoms with E-state index in [1.807, 2.05) is 38.2 Å². The van der Waals surface area contributed by atoms with Crippen LogP contribution in [-0.2, 0) is 11.3 Å². The van der Waals surface area contributed by atoms with E-state index in [1.54, 1.807) is 10.9 Å². The molecule has 1 aliphatic rings. The zero-order valence-electron chi connectivity index (χ0n) is 14.7. The third-order valence-electron chi connectivity index (χ3n) is 4.35. The maximum Gasteiger partial charge on any atom is 0.407 e. The Hall–Kier alpha value is -3.03. The number of aromatic nitrogens is 4. The van der Waals surface area contributed by atoms with Crippen LogP contribution in [0.1, 0.15) is 20.3 Å². The largest absolute Gasteiger partial charge is 0.491 e. The lowest BCUT2D eigenvalue weighted by atomic mass is 10.1. The Morgan fingerprint density at radius 1 is 1.23 bits per heavy atom. The molecule has 136 valence electrons. The summed E-state index contributed by atoms with van der Waals surface area (Å²) < 4.78 is 13.1. The van der Waals surface area contributed by atoms with E-state index < -0.39 is 6.09 Å². The van der Waals surface area contributed by atoms with Gasteiger partial charge in [-0.2, -0.15) is 10.2 Å². The van der Waals surface area contributed by atoms with Gasteiger partial charge in [0.1, 0.15) is 17.5 Å². The van der Waals surface area contributed by atoms with Crippen LogP contribution < -0.4 is 10.1 Å². The Balaban J connectivity index is 1.72. The number of cyclic esters (lactones) is 1. The molecular formula is C18H21N5O3. The number of nitrogens with one attached hydrogen (secondary N) is 2. The molecule has 3 heterocycles. The fraction of sp³-hybridized carbons (Fsp3) is 0.389. The highest BCUT2D eigenvalue weighted by atomic mass is 16.6.